The molecule has 96 valence electrons. The van der Waals surface area contributed by atoms with Crippen LogP contribution in [-0.4, -0.2) is 48.3 Å². The number of benzene rings is 1. The number of likely N-dealkylation sites (N-methyl/N-ethyl adjacent to an activating group) is 1. The number of nitrogens with zero attached hydrogens (tertiary/aromatic N) is 2. The Bertz CT molecular complexity index is 459. The maximum absolute atomic E-state index is 12.3. The zero-order chi connectivity index (χ0) is 13.1. The van der Waals surface area contributed by atoms with E-state index in [-0.39, 0.29) is 18.4 Å². The molecule has 0 N–H and O–H groups in total. The SMILES string of the molecule is CN1CCCN(C(=O)c2ccc(I)cc2)CC1=O. The molecule has 0 aromatic heterocycles. The van der Waals surface area contributed by atoms with E-state index in [9.17, 15) is 9.59 Å². The van der Waals surface area contributed by atoms with Gasteiger partial charge < -0.3 is 9.80 Å². The van der Waals surface area contributed by atoms with Gasteiger partial charge in [-0.3, -0.25) is 9.59 Å². The number of carbonyl (C=O) groups is 2. The molecule has 1 aromatic carbocycles. The van der Waals surface area contributed by atoms with Gasteiger partial charge in [-0.15, -0.1) is 0 Å². The molecule has 2 rings (SSSR count). The lowest BCUT2D eigenvalue weighted by Gasteiger charge is -2.19. The van der Waals surface area contributed by atoms with Crippen LogP contribution in [0.25, 0.3) is 0 Å². The molecule has 18 heavy (non-hydrogen) atoms. The van der Waals surface area contributed by atoms with Crippen molar-refractivity contribution in [2.45, 2.75) is 6.42 Å². The summed E-state index contributed by atoms with van der Waals surface area (Å²) in [6.07, 6.45) is 0.832. The van der Waals surface area contributed by atoms with Crippen LogP contribution in [0.2, 0.25) is 0 Å². The quantitative estimate of drug-likeness (QED) is 0.716. The minimum Gasteiger partial charge on any atom is -0.344 e. The van der Waals surface area contributed by atoms with Crippen LogP contribution in [0.4, 0.5) is 0 Å². The highest BCUT2D eigenvalue weighted by Crippen LogP contribution is 2.11. The molecule has 1 saturated heterocycles. The summed E-state index contributed by atoms with van der Waals surface area (Å²) in [5.41, 5.74) is 0.646. The molecule has 0 atom stereocenters. The third kappa shape index (κ3) is 3.01. The van der Waals surface area contributed by atoms with E-state index in [0.29, 0.717) is 12.1 Å². The maximum atomic E-state index is 12.3. The van der Waals surface area contributed by atoms with E-state index < -0.39 is 0 Å². The second-order valence-electron chi connectivity index (χ2n) is 4.40. The highest BCUT2D eigenvalue weighted by molar-refractivity contribution is 14.1. The lowest BCUT2D eigenvalue weighted by molar-refractivity contribution is -0.129. The normalized spacial score (nSPS) is 16.7. The van der Waals surface area contributed by atoms with E-state index in [4.69, 9.17) is 0 Å². The fourth-order valence-electron chi connectivity index (χ4n) is 1.93. The summed E-state index contributed by atoms with van der Waals surface area (Å²) in [6, 6.07) is 7.42. The van der Waals surface area contributed by atoms with Gasteiger partial charge in [-0.1, -0.05) is 0 Å². The number of amides is 2. The Morgan fingerprint density at radius 1 is 1.22 bits per heavy atom. The summed E-state index contributed by atoms with van der Waals surface area (Å²) in [7, 11) is 1.78. The molecule has 5 heteroatoms. The summed E-state index contributed by atoms with van der Waals surface area (Å²) < 4.78 is 1.09. The second-order valence-corrected chi connectivity index (χ2v) is 5.65. The van der Waals surface area contributed by atoms with Gasteiger partial charge in [0.25, 0.3) is 5.91 Å². The summed E-state index contributed by atoms with van der Waals surface area (Å²) in [5, 5.41) is 0. The van der Waals surface area contributed by atoms with Crippen LogP contribution in [0, 0.1) is 3.57 Å². The maximum Gasteiger partial charge on any atom is 0.254 e. The second kappa shape index (κ2) is 5.69. The molecule has 1 fully saturated rings. The average molecular weight is 358 g/mol. The minimum absolute atomic E-state index is 0.00589. The Morgan fingerprint density at radius 3 is 2.56 bits per heavy atom. The van der Waals surface area contributed by atoms with Crippen LogP contribution in [0.1, 0.15) is 16.8 Å². The summed E-state index contributed by atoms with van der Waals surface area (Å²) in [6.45, 7) is 1.54. The van der Waals surface area contributed by atoms with Gasteiger partial charge in [0.1, 0.15) is 6.54 Å². The molecule has 2 amide bonds. The van der Waals surface area contributed by atoms with Gasteiger partial charge in [-0.05, 0) is 53.3 Å². The molecule has 1 heterocycles. The average Bonchev–Trinajstić information content (AvgIpc) is 2.52. The smallest absolute Gasteiger partial charge is 0.254 e. The van der Waals surface area contributed by atoms with Gasteiger partial charge in [0.2, 0.25) is 5.91 Å². The molecule has 0 saturated carbocycles. The van der Waals surface area contributed by atoms with E-state index in [0.717, 1.165) is 16.5 Å². The van der Waals surface area contributed by atoms with Crippen LogP contribution < -0.4 is 0 Å². The van der Waals surface area contributed by atoms with E-state index in [1.165, 1.54) is 0 Å². The van der Waals surface area contributed by atoms with Crippen molar-refractivity contribution in [3.8, 4) is 0 Å². The lowest BCUT2D eigenvalue weighted by atomic mass is 10.2. The van der Waals surface area contributed by atoms with Crippen molar-refractivity contribution in [2.24, 2.45) is 0 Å². The first-order valence-corrected chi connectivity index (χ1v) is 6.94. The van der Waals surface area contributed by atoms with Crippen molar-refractivity contribution in [1.82, 2.24) is 9.80 Å². The fraction of sp³-hybridized carbons (Fsp3) is 0.385. The molecular formula is C13H15IN2O2. The van der Waals surface area contributed by atoms with Crippen molar-refractivity contribution in [3.63, 3.8) is 0 Å². The Balaban J connectivity index is 2.13. The van der Waals surface area contributed by atoms with Gasteiger partial charge in [-0.25, -0.2) is 0 Å². The fourth-order valence-corrected chi connectivity index (χ4v) is 2.29. The third-order valence-electron chi connectivity index (χ3n) is 3.05. The van der Waals surface area contributed by atoms with E-state index in [2.05, 4.69) is 22.6 Å². The highest BCUT2D eigenvalue weighted by Gasteiger charge is 2.23. The van der Waals surface area contributed by atoms with Crippen LogP contribution in [0.3, 0.4) is 0 Å². The van der Waals surface area contributed by atoms with Crippen molar-refractivity contribution in [3.05, 3.63) is 33.4 Å². The third-order valence-corrected chi connectivity index (χ3v) is 3.77. The number of hydrogen-bond acceptors (Lipinski definition) is 2. The Morgan fingerprint density at radius 2 is 1.89 bits per heavy atom. The van der Waals surface area contributed by atoms with Crippen LogP contribution in [0.5, 0.6) is 0 Å². The molecule has 0 radical (unpaired) electrons. The van der Waals surface area contributed by atoms with Gasteiger partial charge >= 0.3 is 0 Å². The zero-order valence-electron chi connectivity index (χ0n) is 10.2. The Labute approximate surface area is 120 Å². The summed E-state index contributed by atoms with van der Waals surface area (Å²) in [5.74, 6) is -0.0542. The van der Waals surface area contributed by atoms with Gasteiger partial charge in [0, 0.05) is 29.3 Å². The van der Waals surface area contributed by atoms with E-state index in [1.807, 2.05) is 24.3 Å². The van der Waals surface area contributed by atoms with E-state index >= 15 is 0 Å². The number of halogens is 1. The molecule has 0 unspecified atom stereocenters. The predicted molar refractivity (Wildman–Crippen MR) is 77.3 cm³/mol. The molecule has 0 aliphatic carbocycles. The first kappa shape index (κ1) is 13.3. The number of hydrogen-bond donors (Lipinski definition) is 0. The molecule has 1 aromatic rings. The van der Waals surface area contributed by atoms with Crippen LogP contribution >= 0.6 is 22.6 Å². The van der Waals surface area contributed by atoms with Crippen molar-refractivity contribution < 1.29 is 9.59 Å². The monoisotopic (exact) mass is 358 g/mol. The largest absolute Gasteiger partial charge is 0.344 e. The molecule has 0 spiro atoms. The minimum atomic E-state index is -0.0601. The van der Waals surface area contributed by atoms with Gasteiger partial charge in [-0.2, -0.15) is 0 Å². The molecule has 1 aliphatic rings. The molecule has 1 aliphatic heterocycles. The molecule has 4 nitrogen and oxygen atoms in total. The van der Waals surface area contributed by atoms with Crippen LogP contribution in [0.15, 0.2) is 24.3 Å². The van der Waals surface area contributed by atoms with Crippen molar-refractivity contribution in [2.75, 3.05) is 26.7 Å². The Hall–Kier alpha value is -1.11. The van der Waals surface area contributed by atoms with Crippen molar-refractivity contribution in [1.29, 1.82) is 0 Å². The number of carbonyl (C=O) groups excluding carboxylic acids is 2. The lowest BCUT2D eigenvalue weighted by Crippen LogP contribution is -2.38. The van der Waals surface area contributed by atoms with Crippen molar-refractivity contribution >= 4 is 34.4 Å². The van der Waals surface area contributed by atoms with E-state index in [1.54, 1.807) is 16.8 Å². The summed E-state index contributed by atoms with van der Waals surface area (Å²) >= 11 is 2.20. The molecular weight excluding hydrogens is 343 g/mol. The zero-order valence-corrected chi connectivity index (χ0v) is 12.4. The topological polar surface area (TPSA) is 40.6 Å². The number of rotatable bonds is 1. The molecule has 0 bridgehead atoms. The summed E-state index contributed by atoms with van der Waals surface area (Å²) in [4.78, 5) is 27.3. The van der Waals surface area contributed by atoms with Gasteiger partial charge in [0.15, 0.2) is 0 Å². The predicted octanol–water partition coefficient (Wildman–Crippen LogP) is 1.60. The standard InChI is InChI=1S/C13H15IN2O2/c1-15-7-2-8-16(9-12(15)17)13(18)10-3-5-11(14)6-4-10/h3-6H,2,7-9H2,1H3. The van der Waals surface area contributed by atoms with Crippen LogP contribution in [-0.2, 0) is 4.79 Å². The van der Waals surface area contributed by atoms with Gasteiger partial charge in [0.05, 0.1) is 0 Å². The first-order valence-electron chi connectivity index (χ1n) is 5.87. The highest BCUT2D eigenvalue weighted by atomic mass is 127. The Kier molecular flexibility index (Phi) is 4.21. The first-order chi connectivity index (χ1) is 8.58.